The smallest absolute Gasteiger partial charge is 0.416 e. The molecule has 0 unspecified atom stereocenters. The van der Waals surface area contributed by atoms with Gasteiger partial charge in [-0.2, -0.15) is 13.2 Å². The summed E-state index contributed by atoms with van der Waals surface area (Å²) in [5, 5.41) is 2.41. The zero-order valence-corrected chi connectivity index (χ0v) is 19.2. The Labute approximate surface area is 203 Å². The lowest BCUT2D eigenvalue weighted by atomic mass is 10.1. The molecule has 1 heterocycles. The molecule has 35 heavy (non-hydrogen) atoms. The summed E-state index contributed by atoms with van der Waals surface area (Å²) in [5.74, 6) is 0.941. The summed E-state index contributed by atoms with van der Waals surface area (Å²) in [4.78, 5) is 17.3. The molecule has 1 aromatic heterocycles. The van der Waals surface area contributed by atoms with Crippen LogP contribution >= 0.6 is 11.6 Å². The quantitative estimate of drug-likeness (QED) is 0.309. The van der Waals surface area contributed by atoms with E-state index >= 15 is 0 Å². The maximum absolute atomic E-state index is 13.1. The van der Waals surface area contributed by atoms with Crippen molar-refractivity contribution >= 4 is 23.2 Å². The summed E-state index contributed by atoms with van der Waals surface area (Å²) < 4.78 is 55.8. The van der Waals surface area contributed by atoms with Crippen molar-refractivity contribution in [2.24, 2.45) is 0 Å². The summed E-state index contributed by atoms with van der Waals surface area (Å²) >= 11 is 6.02. The van der Waals surface area contributed by atoms with Crippen LogP contribution in [0.2, 0.25) is 5.02 Å². The highest BCUT2D eigenvalue weighted by molar-refractivity contribution is 6.34. The van der Waals surface area contributed by atoms with E-state index in [2.05, 4.69) is 10.3 Å². The highest BCUT2D eigenvalue weighted by Crippen LogP contribution is 2.37. The van der Waals surface area contributed by atoms with Crippen LogP contribution in [0.1, 0.15) is 15.9 Å². The number of alkyl halides is 3. The maximum atomic E-state index is 13.1. The van der Waals surface area contributed by atoms with Gasteiger partial charge >= 0.3 is 6.18 Å². The summed E-state index contributed by atoms with van der Waals surface area (Å²) in [7, 11) is 3.05. The minimum atomic E-state index is -4.58. The van der Waals surface area contributed by atoms with E-state index in [1.54, 1.807) is 36.4 Å². The minimum absolute atomic E-state index is 0.0335. The van der Waals surface area contributed by atoms with Gasteiger partial charge in [0.15, 0.2) is 5.76 Å². The third-order valence-corrected chi connectivity index (χ3v) is 5.45. The van der Waals surface area contributed by atoms with E-state index in [9.17, 15) is 18.0 Å². The number of anilines is 1. The number of hydrogen-bond donors (Lipinski definition) is 1. The van der Waals surface area contributed by atoms with E-state index in [4.69, 9.17) is 25.5 Å². The molecular weight excluding hydrogens is 485 g/mol. The number of methoxy groups -OCH3 is 2. The van der Waals surface area contributed by atoms with Gasteiger partial charge in [0.2, 0.25) is 5.89 Å². The Balaban J connectivity index is 1.67. The van der Waals surface area contributed by atoms with E-state index in [1.807, 2.05) is 0 Å². The molecule has 0 aliphatic carbocycles. The lowest BCUT2D eigenvalue weighted by molar-refractivity contribution is -0.137. The van der Waals surface area contributed by atoms with Crippen LogP contribution in [0.4, 0.5) is 18.9 Å². The molecule has 0 fully saturated rings. The number of halogens is 4. The van der Waals surface area contributed by atoms with Gasteiger partial charge in [-0.15, -0.1) is 0 Å². The van der Waals surface area contributed by atoms with Gasteiger partial charge in [-0.05, 0) is 42.5 Å². The molecule has 4 rings (SSSR count). The van der Waals surface area contributed by atoms with Crippen LogP contribution in [0.5, 0.6) is 11.5 Å². The van der Waals surface area contributed by atoms with Crippen LogP contribution in [0, 0.1) is 0 Å². The molecule has 0 bridgehead atoms. The lowest BCUT2D eigenvalue weighted by Gasteiger charge is -2.12. The molecule has 0 saturated heterocycles. The topological polar surface area (TPSA) is 73.6 Å². The Hall–Kier alpha value is -3.98. The van der Waals surface area contributed by atoms with Gasteiger partial charge in [0.05, 0.1) is 47.8 Å². The fourth-order valence-electron chi connectivity index (χ4n) is 3.38. The molecule has 1 N–H and O–H groups in total. The minimum Gasteiger partial charge on any atom is -0.497 e. The number of aromatic nitrogens is 1. The van der Waals surface area contributed by atoms with Crippen LogP contribution in [0.15, 0.2) is 71.3 Å². The molecule has 0 atom stereocenters. The first kappa shape index (κ1) is 24.2. The van der Waals surface area contributed by atoms with Gasteiger partial charge in [0.25, 0.3) is 5.91 Å². The van der Waals surface area contributed by atoms with E-state index in [-0.39, 0.29) is 22.2 Å². The molecule has 1 amide bonds. The van der Waals surface area contributed by atoms with Crippen LogP contribution in [0.3, 0.4) is 0 Å². The lowest BCUT2D eigenvalue weighted by Crippen LogP contribution is -2.14. The Kier molecular flexibility index (Phi) is 6.70. The predicted molar refractivity (Wildman–Crippen MR) is 125 cm³/mol. The molecule has 0 aliphatic heterocycles. The Morgan fingerprint density at radius 2 is 1.77 bits per heavy atom. The van der Waals surface area contributed by atoms with Crippen LogP contribution in [-0.4, -0.2) is 25.1 Å². The van der Waals surface area contributed by atoms with Crippen LogP contribution in [-0.2, 0) is 6.18 Å². The van der Waals surface area contributed by atoms with Gasteiger partial charge < -0.3 is 19.2 Å². The highest BCUT2D eigenvalue weighted by atomic mass is 35.5. The van der Waals surface area contributed by atoms with E-state index in [0.717, 1.165) is 18.2 Å². The second-order valence-electron chi connectivity index (χ2n) is 7.29. The number of benzene rings is 3. The predicted octanol–water partition coefficient (Wildman–Crippen LogP) is 6.95. The third kappa shape index (κ3) is 5.09. The molecule has 4 aromatic rings. The molecule has 0 saturated carbocycles. The van der Waals surface area contributed by atoms with Gasteiger partial charge in [-0.3, -0.25) is 4.79 Å². The molecule has 0 radical (unpaired) electrons. The van der Waals surface area contributed by atoms with Gasteiger partial charge in [-0.1, -0.05) is 23.7 Å². The third-order valence-electron chi connectivity index (χ3n) is 5.12. The van der Waals surface area contributed by atoms with Gasteiger partial charge in [-0.25, -0.2) is 4.98 Å². The number of carbonyl (C=O) groups is 1. The first-order valence-corrected chi connectivity index (χ1v) is 10.5. The molecule has 180 valence electrons. The summed E-state index contributed by atoms with van der Waals surface area (Å²) in [6.07, 6.45) is -3.10. The average Bonchev–Trinajstić information content (AvgIpc) is 3.34. The standard InChI is InChI=1S/C25H18ClF3N2O4/c1-33-15-8-9-18(21(12-15)34-2)22-13-30-24(35-22)17-6-4-3-5-16(17)23(32)31-20-11-14(25(27,28)29)7-10-19(20)26/h3-13H,1-2H3,(H,31,32). The number of nitrogens with zero attached hydrogens (tertiary/aromatic N) is 1. The maximum Gasteiger partial charge on any atom is 0.416 e. The number of carbonyl (C=O) groups excluding carboxylic acids is 1. The molecule has 0 spiro atoms. The second kappa shape index (κ2) is 9.71. The SMILES string of the molecule is COc1ccc(-c2cnc(-c3ccccc3C(=O)Nc3cc(C(F)(F)F)ccc3Cl)o2)c(OC)c1. The first-order valence-electron chi connectivity index (χ1n) is 10.2. The zero-order valence-electron chi connectivity index (χ0n) is 18.4. The summed E-state index contributed by atoms with van der Waals surface area (Å²) in [5.41, 5.74) is -0.0127. The Morgan fingerprint density at radius 3 is 2.49 bits per heavy atom. The van der Waals surface area contributed by atoms with E-state index < -0.39 is 17.6 Å². The number of nitrogens with one attached hydrogen (secondary N) is 1. The van der Waals surface area contributed by atoms with Crippen molar-refractivity contribution in [2.75, 3.05) is 19.5 Å². The van der Waals surface area contributed by atoms with Crippen molar-refractivity contribution in [2.45, 2.75) is 6.18 Å². The van der Waals surface area contributed by atoms with E-state index in [0.29, 0.717) is 28.4 Å². The molecule has 6 nitrogen and oxygen atoms in total. The van der Waals surface area contributed by atoms with Crippen molar-refractivity contribution in [3.63, 3.8) is 0 Å². The normalized spacial score (nSPS) is 11.3. The Morgan fingerprint density at radius 1 is 1.00 bits per heavy atom. The van der Waals surface area contributed by atoms with E-state index in [1.165, 1.54) is 26.5 Å². The summed E-state index contributed by atoms with van der Waals surface area (Å²) in [6, 6.07) is 14.3. The largest absolute Gasteiger partial charge is 0.497 e. The average molecular weight is 503 g/mol. The number of oxazole rings is 1. The van der Waals surface area contributed by atoms with Crippen LogP contribution in [0.25, 0.3) is 22.8 Å². The number of ether oxygens (including phenoxy) is 2. The van der Waals surface area contributed by atoms with Crippen molar-refractivity contribution in [1.82, 2.24) is 4.98 Å². The monoisotopic (exact) mass is 502 g/mol. The number of amides is 1. The number of rotatable bonds is 6. The summed E-state index contributed by atoms with van der Waals surface area (Å²) in [6.45, 7) is 0. The zero-order chi connectivity index (χ0) is 25.2. The van der Waals surface area contributed by atoms with Crippen molar-refractivity contribution < 1.29 is 31.9 Å². The van der Waals surface area contributed by atoms with Crippen molar-refractivity contribution in [3.05, 3.63) is 83.0 Å². The van der Waals surface area contributed by atoms with Crippen molar-refractivity contribution in [3.8, 4) is 34.3 Å². The van der Waals surface area contributed by atoms with Crippen molar-refractivity contribution in [1.29, 1.82) is 0 Å². The van der Waals surface area contributed by atoms with Gasteiger partial charge in [0.1, 0.15) is 11.5 Å². The first-order chi connectivity index (χ1) is 16.7. The Bertz CT molecular complexity index is 1390. The molecule has 3 aromatic carbocycles. The van der Waals surface area contributed by atoms with Crippen LogP contribution < -0.4 is 14.8 Å². The molecular formula is C25H18ClF3N2O4. The number of hydrogen-bond acceptors (Lipinski definition) is 5. The highest BCUT2D eigenvalue weighted by Gasteiger charge is 2.31. The molecule has 10 heteroatoms. The fourth-order valence-corrected chi connectivity index (χ4v) is 3.54. The second-order valence-corrected chi connectivity index (χ2v) is 7.70. The van der Waals surface area contributed by atoms with Gasteiger partial charge in [0, 0.05) is 11.6 Å². The fraction of sp³-hybridized carbons (Fsp3) is 0.120. The molecule has 0 aliphatic rings.